The molecule has 0 spiro atoms. The average molecular weight is 355 g/mol. The molecule has 0 radical (unpaired) electrons. The molecule has 0 aliphatic carbocycles. The van der Waals surface area contributed by atoms with Crippen molar-refractivity contribution in [1.82, 2.24) is 4.90 Å². The lowest BCUT2D eigenvalue weighted by Gasteiger charge is -2.31. The fourth-order valence-electron chi connectivity index (χ4n) is 2.05. The second-order valence-electron chi connectivity index (χ2n) is 6.92. The molecular weight excluding hydrogens is 322 g/mol. The Bertz CT molecular complexity index is 489. The smallest absolute Gasteiger partial charge is 0.410 e. The molecule has 0 bridgehead atoms. The molecule has 1 amide bonds. The van der Waals surface area contributed by atoms with Gasteiger partial charge in [0.25, 0.3) is 0 Å². The minimum absolute atomic E-state index is 0.152. The number of carbonyl (C=O) groups excluding carboxylic acids is 2. The minimum atomic E-state index is -0.559. The number of carbonyl (C=O) groups is 2. The van der Waals surface area contributed by atoms with Gasteiger partial charge in [-0.3, -0.25) is 0 Å². The SMILES string of the molecule is CCOC(=O)/C=C(/C=C/[C@H](C(C)C)N(C)C(=O)OC(C)(C)C)OCC. The number of rotatable bonds is 8. The van der Waals surface area contributed by atoms with Crippen LogP contribution in [-0.4, -0.2) is 48.9 Å². The Labute approximate surface area is 151 Å². The predicted octanol–water partition coefficient (Wildman–Crippen LogP) is 3.92. The third-order valence-electron chi connectivity index (χ3n) is 3.13. The highest BCUT2D eigenvalue weighted by molar-refractivity contribution is 5.82. The van der Waals surface area contributed by atoms with E-state index in [9.17, 15) is 9.59 Å². The second-order valence-corrected chi connectivity index (χ2v) is 6.92. The quantitative estimate of drug-likeness (QED) is 0.286. The van der Waals surface area contributed by atoms with E-state index < -0.39 is 17.7 Å². The van der Waals surface area contributed by atoms with E-state index in [2.05, 4.69) is 0 Å². The Balaban J connectivity index is 5.28. The van der Waals surface area contributed by atoms with Gasteiger partial charge in [0.05, 0.1) is 25.3 Å². The number of allylic oxidation sites excluding steroid dienone is 1. The maximum Gasteiger partial charge on any atom is 0.410 e. The molecule has 0 aliphatic rings. The normalized spacial score (nSPS) is 13.7. The first-order valence-electron chi connectivity index (χ1n) is 8.67. The molecule has 0 N–H and O–H groups in total. The zero-order valence-electron chi connectivity index (χ0n) is 16.8. The van der Waals surface area contributed by atoms with Gasteiger partial charge >= 0.3 is 12.1 Å². The van der Waals surface area contributed by atoms with Gasteiger partial charge in [-0.25, -0.2) is 9.59 Å². The molecule has 6 nitrogen and oxygen atoms in total. The van der Waals surface area contributed by atoms with Gasteiger partial charge in [0.15, 0.2) is 0 Å². The molecule has 0 heterocycles. The van der Waals surface area contributed by atoms with E-state index in [1.165, 1.54) is 6.08 Å². The summed E-state index contributed by atoms with van der Waals surface area (Å²) in [5.41, 5.74) is -0.559. The van der Waals surface area contributed by atoms with Crippen molar-refractivity contribution < 1.29 is 23.8 Å². The number of nitrogens with zero attached hydrogens (tertiary/aromatic N) is 1. The molecular formula is C19H33NO5. The van der Waals surface area contributed by atoms with Crippen LogP contribution in [0, 0.1) is 5.92 Å². The zero-order valence-corrected chi connectivity index (χ0v) is 16.8. The molecule has 0 fully saturated rings. The van der Waals surface area contributed by atoms with Crippen molar-refractivity contribution >= 4 is 12.1 Å². The van der Waals surface area contributed by atoms with Crippen LogP contribution < -0.4 is 0 Å². The van der Waals surface area contributed by atoms with Gasteiger partial charge < -0.3 is 19.1 Å². The molecule has 0 saturated carbocycles. The molecule has 144 valence electrons. The Hall–Kier alpha value is -1.98. The lowest BCUT2D eigenvalue weighted by Crippen LogP contribution is -2.42. The van der Waals surface area contributed by atoms with E-state index in [1.807, 2.05) is 47.6 Å². The first-order valence-corrected chi connectivity index (χ1v) is 8.67. The molecule has 0 saturated heterocycles. The predicted molar refractivity (Wildman–Crippen MR) is 98.1 cm³/mol. The van der Waals surface area contributed by atoms with Crippen molar-refractivity contribution in [3.8, 4) is 0 Å². The Kier molecular flexibility index (Phi) is 9.94. The van der Waals surface area contributed by atoms with Crippen LogP contribution in [0.1, 0.15) is 48.5 Å². The lowest BCUT2D eigenvalue weighted by atomic mass is 10.0. The van der Waals surface area contributed by atoms with Crippen molar-refractivity contribution in [1.29, 1.82) is 0 Å². The van der Waals surface area contributed by atoms with Crippen LogP contribution in [0.4, 0.5) is 4.79 Å². The summed E-state index contributed by atoms with van der Waals surface area (Å²) in [4.78, 5) is 25.4. The molecule has 0 aliphatic heterocycles. The van der Waals surface area contributed by atoms with Gasteiger partial charge in [-0.2, -0.15) is 0 Å². The Morgan fingerprint density at radius 1 is 1.08 bits per heavy atom. The molecule has 0 aromatic heterocycles. The van der Waals surface area contributed by atoms with Crippen LogP contribution in [-0.2, 0) is 19.0 Å². The summed E-state index contributed by atoms with van der Waals surface area (Å²) in [6.45, 7) is 13.8. The molecule has 0 rings (SSSR count). The fourth-order valence-corrected chi connectivity index (χ4v) is 2.05. The molecule has 1 atom stereocenters. The van der Waals surface area contributed by atoms with Crippen molar-refractivity contribution in [2.45, 2.75) is 60.1 Å². The summed E-state index contributed by atoms with van der Waals surface area (Å²) >= 11 is 0. The zero-order chi connectivity index (χ0) is 19.6. The fraction of sp³-hybridized carbons (Fsp3) is 0.684. The highest BCUT2D eigenvalue weighted by Gasteiger charge is 2.25. The summed E-state index contributed by atoms with van der Waals surface area (Å²) in [6, 6.07) is -0.207. The topological polar surface area (TPSA) is 65.1 Å². The number of amides is 1. The van der Waals surface area contributed by atoms with E-state index in [0.29, 0.717) is 19.0 Å². The number of esters is 1. The Morgan fingerprint density at radius 2 is 1.64 bits per heavy atom. The Morgan fingerprint density at radius 3 is 2.08 bits per heavy atom. The van der Waals surface area contributed by atoms with Crippen LogP contribution in [0.25, 0.3) is 0 Å². The van der Waals surface area contributed by atoms with E-state index in [-0.39, 0.29) is 12.0 Å². The summed E-state index contributed by atoms with van der Waals surface area (Å²) in [7, 11) is 1.69. The van der Waals surface area contributed by atoms with Gasteiger partial charge in [0.1, 0.15) is 11.4 Å². The van der Waals surface area contributed by atoms with Gasteiger partial charge in [-0.15, -0.1) is 0 Å². The van der Waals surface area contributed by atoms with E-state index in [0.717, 1.165) is 0 Å². The lowest BCUT2D eigenvalue weighted by molar-refractivity contribution is -0.137. The van der Waals surface area contributed by atoms with Gasteiger partial charge in [-0.1, -0.05) is 19.9 Å². The van der Waals surface area contributed by atoms with Crippen molar-refractivity contribution in [2.75, 3.05) is 20.3 Å². The van der Waals surface area contributed by atoms with Gasteiger partial charge in [-0.05, 0) is 46.6 Å². The third-order valence-corrected chi connectivity index (χ3v) is 3.13. The first kappa shape index (κ1) is 23.0. The molecule has 25 heavy (non-hydrogen) atoms. The molecule has 0 aromatic carbocycles. The van der Waals surface area contributed by atoms with Gasteiger partial charge in [0, 0.05) is 7.05 Å². The van der Waals surface area contributed by atoms with E-state index >= 15 is 0 Å². The van der Waals surface area contributed by atoms with Crippen LogP contribution >= 0.6 is 0 Å². The highest BCUT2D eigenvalue weighted by atomic mass is 16.6. The summed E-state index contributed by atoms with van der Waals surface area (Å²) in [5.74, 6) is 0.0839. The minimum Gasteiger partial charge on any atom is -0.494 e. The van der Waals surface area contributed by atoms with Crippen LogP contribution in [0.2, 0.25) is 0 Å². The number of ether oxygens (including phenoxy) is 3. The van der Waals surface area contributed by atoms with Crippen LogP contribution in [0.5, 0.6) is 0 Å². The summed E-state index contributed by atoms with van der Waals surface area (Å²) < 4.78 is 15.8. The monoisotopic (exact) mass is 355 g/mol. The van der Waals surface area contributed by atoms with Crippen molar-refractivity contribution in [3.63, 3.8) is 0 Å². The largest absolute Gasteiger partial charge is 0.494 e. The van der Waals surface area contributed by atoms with E-state index in [1.54, 1.807) is 24.9 Å². The van der Waals surface area contributed by atoms with E-state index in [4.69, 9.17) is 14.2 Å². The van der Waals surface area contributed by atoms with Crippen LogP contribution in [0.3, 0.4) is 0 Å². The molecule has 0 unspecified atom stereocenters. The highest BCUT2D eigenvalue weighted by Crippen LogP contribution is 2.17. The third kappa shape index (κ3) is 9.79. The summed E-state index contributed by atoms with van der Waals surface area (Å²) in [5, 5.41) is 0. The molecule has 0 aromatic rings. The maximum absolute atomic E-state index is 12.3. The average Bonchev–Trinajstić information content (AvgIpc) is 2.45. The number of hydrogen-bond acceptors (Lipinski definition) is 5. The first-order chi connectivity index (χ1) is 11.5. The van der Waals surface area contributed by atoms with Crippen molar-refractivity contribution in [3.05, 3.63) is 24.0 Å². The maximum atomic E-state index is 12.3. The molecule has 6 heteroatoms. The standard InChI is InChI=1S/C19H33NO5/c1-9-23-15(13-17(21)24-10-2)11-12-16(14(3)4)20(8)18(22)25-19(5,6)7/h11-14,16H,9-10H2,1-8H3/b12-11+,15-13-/t16-/m1/s1. The second kappa shape index (κ2) is 10.8. The van der Waals surface area contributed by atoms with Crippen molar-refractivity contribution in [2.24, 2.45) is 5.92 Å². The van der Waals surface area contributed by atoms with Crippen LogP contribution in [0.15, 0.2) is 24.0 Å². The number of likely N-dealkylation sites (N-methyl/N-ethyl adjacent to an activating group) is 1. The summed E-state index contributed by atoms with van der Waals surface area (Å²) in [6.07, 6.45) is 4.42. The van der Waals surface area contributed by atoms with Gasteiger partial charge in [0.2, 0.25) is 0 Å². The number of hydrogen-bond donors (Lipinski definition) is 0.